The van der Waals surface area contributed by atoms with E-state index in [2.05, 4.69) is 10.3 Å². The summed E-state index contributed by atoms with van der Waals surface area (Å²) < 4.78 is 27.6. The zero-order chi connectivity index (χ0) is 37.1. The maximum absolute atomic E-state index is 14.2. The molecule has 1 aliphatic heterocycles. The first-order valence-corrected chi connectivity index (χ1v) is 16.5. The van der Waals surface area contributed by atoms with Crippen molar-refractivity contribution in [2.45, 2.75) is 18.6 Å². The highest BCUT2D eigenvalue weighted by atomic mass is 35.5. The highest BCUT2D eigenvalue weighted by Crippen LogP contribution is 2.47. The number of H-pyrrole nitrogens is 1. The molecule has 0 bridgehead atoms. The first kappa shape index (κ1) is 36.0. The first-order valence-electron chi connectivity index (χ1n) is 16.0. The van der Waals surface area contributed by atoms with E-state index in [1.807, 2.05) is 24.3 Å². The lowest BCUT2D eigenvalue weighted by Crippen LogP contribution is -2.30. The van der Waals surface area contributed by atoms with Gasteiger partial charge in [0.25, 0.3) is 11.6 Å². The van der Waals surface area contributed by atoms with Gasteiger partial charge in [-0.3, -0.25) is 20.2 Å². The van der Waals surface area contributed by atoms with Gasteiger partial charge in [-0.1, -0.05) is 24.3 Å². The first-order chi connectivity index (χ1) is 25.1. The van der Waals surface area contributed by atoms with E-state index in [0.29, 0.717) is 44.9 Å². The molecule has 1 aromatic heterocycles. The number of alkyl halides is 1. The van der Waals surface area contributed by atoms with E-state index in [-0.39, 0.29) is 60.2 Å². The third kappa shape index (κ3) is 6.80. The molecule has 5 aromatic rings. The van der Waals surface area contributed by atoms with Gasteiger partial charge in [-0.25, -0.2) is 4.79 Å². The highest BCUT2D eigenvalue weighted by molar-refractivity contribution is 6.20. The van der Waals surface area contributed by atoms with E-state index < -0.39 is 23.7 Å². The van der Waals surface area contributed by atoms with Crippen LogP contribution in [0.4, 0.5) is 21.9 Å². The molecule has 0 spiro atoms. The lowest BCUT2D eigenvalue weighted by atomic mass is 9.95. The number of benzene rings is 4. The Bertz CT molecular complexity index is 2170. The molecule has 1 aliphatic rings. The van der Waals surface area contributed by atoms with E-state index in [1.165, 1.54) is 33.5 Å². The Balaban J connectivity index is 1.31. The molecule has 4 N–H and O–H groups in total. The van der Waals surface area contributed by atoms with Crippen molar-refractivity contribution in [3.8, 4) is 23.0 Å². The molecule has 52 heavy (non-hydrogen) atoms. The minimum absolute atomic E-state index is 0.00485. The fraction of sp³-hybridized carbons (Fsp3) is 0.278. The number of aliphatic hydroxyl groups excluding tert-OH is 2. The number of ether oxygens (including phenoxy) is 5. The van der Waals surface area contributed by atoms with Crippen molar-refractivity contribution in [3.63, 3.8) is 0 Å². The van der Waals surface area contributed by atoms with Crippen molar-refractivity contribution in [1.29, 1.82) is 0 Å². The van der Waals surface area contributed by atoms with E-state index in [0.717, 1.165) is 17.0 Å². The Morgan fingerprint density at radius 3 is 2.46 bits per heavy atom. The van der Waals surface area contributed by atoms with Crippen molar-refractivity contribution >= 4 is 62.3 Å². The fourth-order valence-corrected chi connectivity index (χ4v) is 6.56. The van der Waals surface area contributed by atoms with Gasteiger partial charge in [-0.05, 0) is 35.2 Å². The van der Waals surface area contributed by atoms with Crippen LogP contribution in [-0.4, -0.2) is 85.2 Å². The van der Waals surface area contributed by atoms with Crippen molar-refractivity contribution < 1.29 is 48.4 Å². The van der Waals surface area contributed by atoms with E-state index in [4.69, 9.17) is 40.4 Å². The normalized spacial score (nSPS) is 14.2. The van der Waals surface area contributed by atoms with Gasteiger partial charge in [0.15, 0.2) is 11.5 Å². The number of hydrogen-bond acceptors (Lipinski definition) is 11. The standard InChI is InChI=1S/C36H35ClN4O11/c1-48-30-11-20-10-27(38-32(20)34(50-3)33(30)49-2)35(44)40-15-21(14-37)31-25-7-5-4-6-24(25)26(13-28(31)40)39-36(45)52-17-19-8-9-22(41(46)47)12-29(19)51-18-23(43)16-42/h4-13,21,23,38,42-43H,14-18H2,1-3H3,(H,39,45). The summed E-state index contributed by atoms with van der Waals surface area (Å²) in [5.41, 5.74) is 2.62. The van der Waals surface area contributed by atoms with Crippen molar-refractivity contribution in [1.82, 2.24) is 4.98 Å². The second kappa shape index (κ2) is 15.2. The summed E-state index contributed by atoms with van der Waals surface area (Å²) in [4.78, 5) is 43.0. The van der Waals surface area contributed by atoms with Gasteiger partial charge in [0.1, 0.15) is 30.8 Å². The number of amides is 2. The lowest BCUT2D eigenvalue weighted by Gasteiger charge is -2.19. The van der Waals surface area contributed by atoms with Crippen LogP contribution in [0.25, 0.3) is 21.7 Å². The third-order valence-electron chi connectivity index (χ3n) is 8.75. The minimum Gasteiger partial charge on any atom is -0.493 e. The number of aromatic nitrogens is 1. The van der Waals surface area contributed by atoms with Crippen molar-refractivity contribution in [2.24, 2.45) is 0 Å². The van der Waals surface area contributed by atoms with Gasteiger partial charge < -0.3 is 43.8 Å². The number of carbonyl (C=O) groups excluding carboxylic acids is 2. The van der Waals surface area contributed by atoms with Crippen LogP contribution in [0.1, 0.15) is 27.5 Å². The van der Waals surface area contributed by atoms with Gasteiger partial charge in [0.2, 0.25) is 5.75 Å². The predicted molar refractivity (Wildman–Crippen MR) is 193 cm³/mol. The average Bonchev–Trinajstić information content (AvgIpc) is 3.76. The Hall–Kier alpha value is -5.77. The predicted octanol–water partition coefficient (Wildman–Crippen LogP) is 5.72. The van der Waals surface area contributed by atoms with Crippen molar-refractivity contribution in [2.75, 3.05) is 57.2 Å². The largest absolute Gasteiger partial charge is 0.493 e. The number of fused-ring (bicyclic) bond motifs is 4. The van der Waals surface area contributed by atoms with Gasteiger partial charge in [0.05, 0.1) is 55.8 Å². The van der Waals surface area contributed by atoms with Crippen LogP contribution in [0.15, 0.2) is 60.7 Å². The molecule has 0 aliphatic carbocycles. The van der Waals surface area contributed by atoms with Crippen LogP contribution in [-0.2, 0) is 11.3 Å². The summed E-state index contributed by atoms with van der Waals surface area (Å²) in [5.74, 6) is 0.873. The number of aliphatic hydroxyl groups is 2. The maximum atomic E-state index is 14.2. The molecule has 16 heteroatoms. The Morgan fingerprint density at radius 2 is 1.79 bits per heavy atom. The summed E-state index contributed by atoms with van der Waals surface area (Å²) in [6.07, 6.45) is -2.07. The molecule has 2 heterocycles. The molecule has 4 aromatic carbocycles. The molecule has 0 saturated heterocycles. The Kier molecular flexibility index (Phi) is 10.6. The Labute approximate surface area is 301 Å². The van der Waals surface area contributed by atoms with E-state index in [1.54, 1.807) is 23.1 Å². The number of non-ortho nitro benzene ring substituents is 1. The number of nitrogens with one attached hydrogen (secondary N) is 2. The van der Waals surface area contributed by atoms with Crippen molar-refractivity contribution in [3.05, 3.63) is 87.6 Å². The quantitative estimate of drug-likeness (QED) is 0.0657. The lowest BCUT2D eigenvalue weighted by molar-refractivity contribution is -0.385. The number of nitro groups is 1. The molecule has 6 rings (SSSR count). The molecule has 0 radical (unpaired) electrons. The smallest absolute Gasteiger partial charge is 0.411 e. The SMILES string of the molecule is COc1cc2cc(C(=O)N3CC(CCl)c4c3cc(NC(=O)OCc3ccc([N+](=O)[O-])cc3OCC(O)CO)c3ccccc43)[nH]c2c(OC)c1OC. The monoisotopic (exact) mass is 734 g/mol. The number of aromatic amines is 1. The van der Waals surface area contributed by atoms with Crippen LogP contribution in [0.2, 0.25) is 0 Å². The molecular formula is C36H35ClN4O11. The third-order valence-corrected chi connectivity index (χ3v) is 9.12. The highest BCUT2D eigenvalue weighted by Gasteiger charge is 2.36. The summed E-state index contributed by atoms with van der Waals surface area (Å²) in [7, 11) is 4.50. The summed E-state index contributed by atoms with van der Waals surface area (Å²) in [6, 6.07) is 16.3. The number of anilines is 2. The summed E-state index contributed by atoms with van der Waals surface area (Å²) in [6.45, 7) is -0.976. The average molecular weight is 735 g/mol. The van der Waals surface area contributed by atoms with Gasteiger partial charge in [-0.2, -0.15) is 0 Å². The number of rotatable bonds is 13. The number of nitro benzene ring substituents is 1. The second-order valence-corrected chi connectivity index (χ2v) is 12.2. The minimum atomic E-state index is -1.22. The fourth-order valence-electron chi connectivity index (χ4n) is 6.31. The van der Waals surface area contributed by atoms with Crippen LogP contribution >= 0.6 is 11.6 Å². The number of carbonyl (C=O) groups is 2. The molecule has 15 nitrogen and oxygen atoms in total. The summed E-state index contributed by atoms with van der Waals surface area (Å²) >= 11 is 6.48. The zero-order valence-electron chi connectivity index (χ0n) is 28.3. The van der Waals surface area contributed by atoms with Gasteiger partial charge >= 0.3 is 6.09 Å². The number of halogens is 1. The topological polar surface area (TPSA) is 195 Å². The Morgan fingerprint density at radius 1 is 1.04 bits per heavy atom. The molecule has 2 amide bonds. The number of methoxy groups -OCH3 is 3. The molecule has 2 unspecified atom stereocenters. The number of hydrogen-bond donors (Lipinski definition) is 4. The molecule has 0 saturated carbocycles. The zero-order valence-corrected chi connectivity index (χ0v) is 29.1. The molecule has 272 valence electrons. The van der Waals surface area contributed by atoms with Gasteiger partial charge in [-0.15, -0.1) is 11.6 Å². The molecular weight excluding hydrogens is 700 g/mol. The second-order valence-electron chi connectivity index (χ2n) is 11.9. The van der Waals surface area contributed by atoms with E-state index in [9.17, 15) is 24.8 Å². The molecule has 0 fully saturated rings. The van der Waals surface area contributed by atoms with Gasteiger partial charge in [0, 0.05) is 40.7 Å². The number of nitrogens with zero attached hydrogens (tertiary/aromatic N) is 2. The van der Waals surface area contributed by atoms with Crippen LogP contribution < -0.4 is 29.2 Å². The van der Waals surface area contributed by atoms with Crippen LogP contribution in [0.5, 0.6) is 23.0 Å². The van der Waals surface area contributed by atoms with Crippen LogP contribution in [0.3, 0.4) is 0 Å². The van der Waals surface area contributed by atoms with Crippen LogP contribution in [0, 0.1) is 10.1 Å². The molecule has 2 atom stereocenters. The van der Waals surface area contributed by atoms with E-state index >= 15 is 0 Å². The maximum Gasteiger partial charge on any atom is 0.411 e. The summed E-state index contributed by atoms with van der Waals surface area (Å²) in [5, 5.41) is 35.1.